The number of carbonyl (C=O) groups excluding carboxylic acids is 1. The Morgan fingerprint density at radius 1 is 1.53 bits per heavy atom. The number of halogens is 1. The van der Waals surface area contributed by atoms with Crippen LogP contribution < -0.4 is 5.32 Å². The van der Waals surface area contributed by atoms with Crippen molar-refractivity contribution in [2.75, 3.05) is 6.54 Å². The van der Waals surface area contributed by atoms with Crippen LogP contribution in [0.3, 0.4) is 0 Å². The van der Waals surface area contributed by atoms with E-state index in [4.69, 9.17) is 11.6 Å². The number of rotatable bonds is 4. The average molecular weight is 256 g/mol. The molecule has 0 aliphatic heterocycles. The first kappa shape index (κ1) is 12.2. The van der Waals surface area contributed by atoms with E-state index < -0.39 is 6.10 Å². The van der Waals surface area contributed by atoms with E-state index in [2.05, 4.69) is 5.32 Å². The lowest BCUT2D eigenvalue weighted by Crippen LogP contribution is -2.33. The van der Waals surface area contributed by atoms with Crippen molar-refractivity contribution in [2.24, 2.45) is 5.92 Å². The molecule has 1 aliphatic carbocycles. The van der Waals surface area contributed by atoms with Crippen LogP contribution in [0.2, 0.25) is 5.02 Å². The van der Waals surface area contributed by atoms with Crippen molar-refractivity contribution in [3.63, 3.8) is 0 Å². The van der Waals surface area contributed by atoms with Gasteiger partial charge in [-0.05, 0) is 37.0 Å². The Morgan fingerprint density at radius 2 is 2.24 bits per heavy atom. The van der Waals surface area contributed by atoms with Gasteiger partial charge in [0.25, 0.3) is 5.91 Å². The van der Waals surface area contributed by atoms with E-state index in [9.17, 15) is 15.0 Å². The number of carbonyl (C=O) groups is 1. The number of aliphatic hydroxyl groups excluding tert-OH is 1. The smallest absolute Gasteiger partial charge is 0.251 e. The predicted molar refractivity (Wildman–Crippen MR) is 64.2 cm³/mol. The van der Waals surface area contributed by atoms with Gasteiger partial charge in [0.2, 0.25) is 0 Å². The van der Waals surface area contributed by atoms with Crippen LogP contribution in [-0.2, 0) is 0 Å². The highest BCUT2D eigenvalue weighted by Gasteiger charge is 2.29. The standard InChI is InChI=1S/C12H14ClNO3/c13-9-5-8(3-4-10(9)15)12(17)14-6-11(16)7-1-2-7/h3-5,7,11,15-16H,1-2,6H2,(H,14,17). The summed E-state index contributed by atoms with van der Waals surface area (Å²) in [6.07, 6.45) is 1.59. The van der Waals surface area contributed by atoms with Gasteiger partial charge in [0.1, 0.15) is 5.75 Å². The Bertz CT molecular complexity index is 432. The quantitative estimate of drug-likeness (QED) is 0.765. The highest BCUT2D eigenvalue weighted by atomic mass is 35.5. The average Bonchev–Trinajstić information content (AvgIpc) is 3.13. The summed E-state index contributed by atoms with van der Waals surface area (Å²) in [6.45, 7) is 0.252. The molecule has 1 aromatic carbocycles. The zero-order valence-electron chi connectivity index (χ0n) is 9.19. The van der Waals surface area contributed by atoms with Gasteiger partial charge in [0.05, 0.1) is 11.1 Å². The first-order chi connectivity index (χ1) is 8.08. The lowest BCUT2D eigenvalue weighted by molar-refractivity contribution is 0.0901. The summed E-state index contributed by atoms with van der Waals surface area (Å²) in [5, 5.41) is 21.6. The van der Waals surface area contributed by atoms with Crippen LogP contribution in [-0.4, -0.2) is 28.8 Å². The van der Waals surface area contributed by atoms with E-state index in [1.807, 2.05) is 0 Å². The van der Waals surface area contributed by atoms with Crippen molar-refractivity contribution in [1.82, 2.24) is 5.32 Å². The number of benzene rings is 1. The molecular weight excluding hydrogens is 242 g/mol. The van der Waals surface area contributed by atoms with Crippen LogP contribution in [0.1, 0.15) is 23.2 Å². The van der Waals surface area contributed by atoms with Crippen LogP contribution >= 0.6 is 11.6 Å². The number of phenols is 1. The summed E-state index contributed by atoms with van der Waals surface area (Å²) in [7, 11) is 0. The van der Waals surface area contributed by atoms with Crippen LogP contribution in [0.5, 0.6) is 5.75 Å². The SMILES string of the molecule is O=C(NCC(O)C1CC1)c1ccc(O)c(Cl)c1. The van der Waals surface area contributed by atoms with Crippen LogP contribution in [0.15, 0.2) is 18.2 Å². The van der Waals surface area contributed by atoms with Gasteiger partial charge in [-0.2, -0.15) is 0 Å². The Labute approximate surface area is 104 Å². The maximum absolute atomic E-state index is 11.7. The van der Waals surface area contributed by atoms with Crippen LogP contribution in [0, 0.1) is 5.92 Å². The maximum atomic E-state index is 11.7. The fourth-order valence-corrected chi connectivity index (χ4v) is 1.78. The van der Waals surface area contributed by atoms with Gasteiger partial charge in [0, 0.05) is 12.1 Å². The van der Waals surface area contributed by atoms with E-state index >= 15 is 0 Å². The molecule has 1 atom stereocenters. The molecule has 1 aromatic rings. The number of amides is 1. The number of aromatic hydroxyl groups is 1. The van der Waals surface area contributed by atoms with Crippen molar-refractivity contribution in [2.45, 2.75) is 18.9 Å². The van der Waals surface area contributed by atoms with E-state index in [0.29, 0.717) is 11.5 Å². The highest BCUT2D eigenvalue weighted by molar-refractivity contribution is 6.32. The molecule has 1 aliphatic rings. The predicted octanol–water partition coefficient (Wildman–Crippen LogP) is 1.55. The Balaban J connectivity index is 1.92. The van der Waals surface area contributed by atoms with Gasteiger partial charge >= 0.3 is 0 Å². The first-order valence-electron chi connectivity index (χ1n) is 5.52. The second-order valence-electron chi connectivity index (χ2n) is 4.28. The van der Waals surface area contributed by atoms with Gasteiger partial charge in [-0.3, -0.25) is 4.79 Å². The molecule has 3 N–H and O–H groups in total. The summed E-state index contributed by atoms with van der Waals surface area (Å²) >= 11 is 5.70. The second-order valence-corrected chi connectivity index (χ2v) is 4.69. The minimum atomic E-state index is -0.466. The van der Waals surface area contributed by atoms with Crippen LogP contribution in [0.25, 0.3) is 0 Å². The minimum Gasteiger partial charge on any atom is -0.506 e. The number of phenolic OH excluding ortho intramolecular Hbond substituents is 1. The van der Waals surface area contributed by atoms with Gasteiger partial charge in [-0.15, -0.1) is 0 Å². The Kier molecular flexibility index (Phi) is 3.54. The molecule has 2 rings (SSSR count). The van der Waals surface area contributed by atoms with E-state index in [-0.39, 0.29) is 23.2 Å². The maximum Gasteiger partial charge on any atom is 0.251 e. The van der Waals surface area contributed by atoms with E-state index in [1.165, 1.54) is 18.2 Å². The summed E-state index contributed by atoms with van der Waals surface area (Å²) in [5.41, 5.74) is 0.371. The fraction of sp³-hybridized carbons (Fsp3) is 0.417. The van der Waals surface area contributed by atoms with Crippen molar-refractivity contribution < 1.29 is 15.0 Å². The molecule has 1 unspecified atom stereocenters. The van der Waals surface area contributed by atoms with Gasteiger partial charge < -0.3 is 15.5 Å². The molecule has 0 aromatic heterocycles. The largest absolute Gasteiger partial charge is 0.506 e. The molecule has 0 spiro atoms. The third-order valence-corrected chi connectivity index (χ3v) is 3.15. The molecule has 92 valence electrons. The third-order valence-electron chi connectivity index (χ3n) is 2.85. The zero-order valence-corrected chi connectivity index (χ0v) is 9.94. The third kappa shape index (κ3) is 3.11. The van der Waals surface area contributed by atoms with Crippen molar-refractivity contribution in [3.8, 4) is 5.75 Å². The lowest BCUT2D eigenvalue weighted by atomic mass is 10.2. The second kappa shape index (κ2) is 4.94. The summed E-state index contributed by atoms with van der Waals surface area (Å²) in [4.78, 5) is 11.7. The molecule has 17 heavy (non-hydrogen) atoms. The van der Waals surface area contributed by atoms with E-state index in [0.717, 1.165) is 12.8 Å². The Morgan fingerprint density at radius 3 is 2.82 bits per heavy atom. The summed E-state index contributed by atoms with van der Waals surface area (Å²) < 4.78 is 0. The van der Waals surface area contributed by atoms with Gasteiger partial charge in [0.15, 0.2) is 0 Å². The summed E-state index contributed by atoms with van der Waals surface area (Å²) in [6, 6.07) is 4.25. The normalized spacial score (nSPS) is 16.6. The highest BCUT2D eigenvalue weighted by Crippen LogP contribution is 2.32. The monoisotopic (exact) mass is 255 g/mol. The molecule has 1 amide bonds. The number of hydrogen-bond acceptors (Lipinski definition) is 3. The van der Waals surface area contributed by atoms with Gasteiger partial charge in [-0.1, -0.05) is 11.6 Å². The van der Waals surface area contributed by atoms with Crippen LogP contribution in [0.4, 0.5) is 0 Å². The topological polar surface area (TPSA) is 69.6 Å². The molecule has 1 fully saturated rings. The van der Waals surface area contributed by atoms with Crippen molar-refractivity contribution in [3.05, 3.63) is 28.8 Å². The molecule has 0 saturated heterocycles. The molecular formula is C12H14ClNO3. The molecule has 4 nitrogen and oxygen atoms in total. The zero-order chi connectivity index (χ0) is 12.4. The number of hydrogen-bond donors (Lipinski definition) is 3. The van der Waals surface area contributed by atoms with Crippen molar-refractivity contribution >= 4 is 17.5 Å². The fourth-order valence-electron chi connectivity index (χ4n) is 1.60. The first-order valence-corrected chi connectivity index (χ1v) is 5.90. The van der Waals surface area contributed by atoms with Gasteiger partial charge in [-0.25, -0.2) is 0 Å². The number of nitrogens with one attached hydrogen (secondary N) is 1. The molecule has 0 heterocycles. The number of aliphatic hydroxyl groups is 1. The lowest BCUT2D eigenvalue weighted by Gasteiger charge is -2.10. The minimum absolute atomic E-state index is 0.0544. The van der Waals surface area contributed by atoms with Crippen molar-refractivity contribution in [1.29, 1.82) is 0 Å². The van der Waals surface area contributed by atoms with E-state index in [1.54, 1.807) is 0 Å². The molecule has 5 heteroatoms. The molecule has 0 bridgehead atoms. The summed E-state index contributed by atoms with van der Waals surface area (Å²) in [5.74, 6) is -0.0217. The molecule has 1 saturated carbocycles. The Hall–Kier alpha value is -1.26. The molecule has 0 radical (unpaired) electrons.